The molecule has 85 heavy (non-hydrogen) atoms. The first-order valence-electron chi connectivity index (χ1n) is 29.7. The van der Waals surface area contributed by atoms with Crippen LogP contribution in [0.3, 0.4) is 0 Å². The van der Waals surface area contributed by atoms with Crippen molar-refractivity contribution in [1.82, 2.24) is 15.5 Å². The van der Waals surface area contributed by atoms with E-state index < -0.39 is 184 Å². The number of allylic oxidation sites excluding steroid dienone is 12. The number of hydrogen-bond donors (Lipinski definition) is 16. The Kier molecular flexibility index (Phi) is 30.1. The van der Waals surface area contributed by atoms with Crippen LogP contribution in [0.5, 0.6) is 0 Å². The molecule has 0 aliphatic carbocycles. The third-order valence-corrected chi connectivity index (χ3v) is 16.3. The number of carbonyl (C=O) groups excluding carboxylic acids is 2. The van der Waals surface area contributed by atoms with E-state index in [9.17, 15) is 81.1 Å². The molecule has 2 bridgehead atoms. The molecule has 25 nitrogen and oxygen atoms in total. The fourth-order valence-corrected chi connectivity index (χ4v) is 11.0. The zero-order chi connectivity index (χ0) is 62.4. The van der Waals surface area contributed by atoms with Crippen molar-refractivity contribution in [1.29, 1.82) is 0 Å². The molecule has 0 radical (unpaired) electrons. The molecular weight excluding hydrogens is 1110 g/mol. The largest absolute Gasteiger partial charge is 0.462 e. The average Bonchev–Trinajstić information content (AvgIpc) is 3.49. The van der Waals surface area contributed by atoms with E-state index in [-0.39, 0.29) is 38.1 Å². The second kappa shape index (κ2) is 35.5. The van der Waals surface area contributed by atoms with Crippen LogP contribution in [0.15, 0.2) is 85.1 Å². The number of fused-ring (bicyclic) bond motifs is 2. The lowest BCUT2D eigenvalue weighted by Crippen LogP contribution is -2.69. The van der Waals surface area contributed by atoms with Crippen molar-refractivity contribution in [3.8, 4) is 0 Å². The van der Waals surface area contributed by atoms with Gasteiger partial charge in [0.15, 0.2) is 12.1 Å². The minimum absolute atomic E-state index is 0.130. The van der Waals surface area contributed by atoms with E-state index in [0.717, 1.165) is 13.1 Å². The highest BCUT2D eigenvalue weighted by atomic mass is 16.7. The average molecular weight is 1210 g/mol. The number of nitrogens with zero attached hydrogens (tertiary/aromatic N) is 1. The van der Waals surface area contributed by atoms with Crippen molar-refractivity contribution in [2.45, 2.75) is 207 Å². The summed E-state index contributed by atoms with van der Waals surface area (Å²) >= 11 is 0. The number of aliphatic hydroxyl groups is 14. The number of rotatable bonds is 10. The monoisotopic (exact) mass is 1210 g/mol. The van der Waals surface area contributed by atoms with E-state index >= 15 is 0 Å². The summed E-state index contributed by atoms with van der Waals surface area (Å²) < 4.78 is 35.0. The van der Waals surface area contributed by atoms with Crippen LogP contribution in [0.2, 0.25) is 0 Å². The van der Waals surface area contributed by atoms with Crippen LogP contribution in [-0.4, -0.2) is 262 Å². The highest BCUT2D eigenvalue weighted by Gasteiger charge is 2.53. The standard InChI is InChI=1S/C60H97N3O22/c1-36-18-15-13-11-9-7-5-6-8-10-12-14-16-19-43(84-58-55(75)51(53(73)39(4)83-58)62-35-60(79)56(76)54(74)47(70)34-81-60)31-48-50(57(77)61-22-17-23-63-24-26-80-27-25-63)46(69)33-59(78,85-48)32-42(66)29-45(68)44(67)21-20-40(64)28-41(65)30-49(71)82-38(3)37(2)52(36)72/h5-16,18-19,36-48,50-56,58,62,64-70,72-76,78-79H,17,20-35H2,1-4H3,(H,61,77)/b6-5+,9-7+,10-8+,13-11+,14-12+,18-15-,19-16+/t36-,37?,38-,39+,40+,41+,42-,43-,44-,45+,46-,47+,48?,50?,51-,52+,53+,54+,55-,56-,58-,59+,60+/m0/s1. The summed E-state index contributed by atoms with van der Waals surface area (Å²) in [4.78, 5) is 29.2. The molecule has 5 aliphatic rings. The Morgan fingerprint density at radius 3 is 1.94 bits per heavy atom. The van der Waals surface area contributed by atoms with Crippen molar-refractivity contribution >= 4 is 11.9 Å². The summed E-state index contributed by atoms with van der Waals surface area (Å²) in [6.07, 6.45) is -2.45. The minimum atomic E-state index is -2.47. The zero-order valence-corrected chi connectivity index (χ0v) is 49.2. The molecule has 16 N–H and O–H groups in total. The topological polar surface area (TPSA) is 400 Å². The van der Waals surface area contributed by atoms with Crippen molar-refractivity contribution in [3.63, 3.8) is 0 Å². The summed E-state index contributed by atoms with van der Waals surface area (Å²) in [6.45, 7) is 8.95. The first kappa shape index (κ1) is 72.0. The van der Waals surface area contributed by atoms with Gasteiger partial charge in [0, 0.05) is 57.2 Å². The Morgan fingerprint density at radius 1 is 0.671 bits per heavy atom. The van der Waals surface area contributed by atoms with Crippen LogP contribution >= 0.6 is 0 Å². The van der Waals surface area contributed by atoms with Crippen LogP contribution in [0.25, 0.3) is 0 Å². The molecule has 4 fully saturated rings. The second-order valence-corrected chi connectivity index (χ2v) is 23.3. The van der Waals surface area contributed by atoms with E-state index in [1.165, 1.54) is 13.0 Å². The lowest BCUT2D eigenvalue weighted by Gasteiger charge is -2.47. The number of nitrogens with one attached hydrogen (secondary N) is 2. The van der Waals surface area contributed by atoms with E-state index in [4.69, 9.17) is 28.4 Å². The summed E-state index contributed by atoms with van der Waals surface area (Å²) in [5, 5.41) is 160. The van der Waals surface area contributed by atoms with E-state index in [0.29, 0.717) is 26.2 Å². The molecule has 5 aliphatic heterocycles. The van der Waals surface area contributed by atoms with Gasteiger partial charge in [0.05, 0.1) is 112 Å². The molecule has 5 rings (SSSR count). The number of cyclic esters (lactones) is 1. The third-order valence-electron chi connectivity index (χ3n) is 16.3. The summed E-state index contributed by atoms with van der Waals surface area (Å²) in [7, 11) is 0. The maximum absolute atomic E-state index is 14.2. The van der Waals surface area contributed by atoms with Crippen molar-refractivity contribution < 1.29 is 110 Å². The Bertz CT molecular complexity index is 2210. The molecule has 23 atom stereocenters. The summed E-state index contributed by atoms with van der Waals surface area (Å²) in [5.41, 5.74) is 0. The first-order chi connectivity index (χ1) is 40.3. The van der Waals surface area contributed by atoms with Gasteiger partial charge in [0.25, 0.3) is 0 Å². The van der Waals surface area contributed by atoms with Crippen LogP contribution < -0.4 is 10.6 Å². The van der Waals surface area contributed by atoms with Gasteiger partial charge in [0.2, 0.25) is 11.7 Å². The number of aliphatic hydroxyl groups excluding tert-OH is 12. The van der Waals surface area contributed by atoms with Gasteiger partial charge in [-0.05, 0) is 46.1 Å². The number of amides is 1. The number of hydrogen-bond acceptors (Lipinski definition) is 24. The Balaban J connectivity index is 1.42. The van der Waals surface area contributed by atoms with Gasteiger partial charge < -0.3 is 111 Å². The maximum atomic E-state index is 14.2. The predicted octanol–water partition coefficient (Wildman–Crippen LogP) is -2.10. The third kappa shape index (κ3) is 23.0. The van der Waals surface area contributed by atoms with E-state index in [1.54, 1.807) is 86.8 Å². The van der Waals surface area contributed by atoms with E-state index in [1.807, 2.05) is 13.0 Å². The van der Waals surface area contributed by atoms with Crippen LogP contribution in [0, 0.1) is 17.8 Å². The van der Waals surface area contributed by atoms with Crippen molar-refractivity contribution in [3.05, 3.63) is 85.1 Å². The van der Waals surface area contributed by atoms with Crippen LogP contribution in [0.1, 0.15) is 85.5 Å². The molecule has 5 heterocycles. The highest BCUT2D eigenvalue weighted by molar-refractivity contribution is 5.80. The van der Waals surface area contributed by atoms with Crippen LogP contribution in [0.4, 0.5) is 0 Å². The number of carbonyl (C=O) groups is 2. The molecule has 0 aromatic heterocycles. The lowest BCUT2D eigenvalue weighted by molar-refractivity contribution is -0.323. The first-order valence-corrected chi connectivity index (χ1v) is 29.7. The predicted molar refractivity (Wildman–Crippen MR) is 307 cm³/mol. The normalized spacial score (nSPS) is 44.4. The number of esters is 1. The molecule has 1 amide bonds. The molecule has 0 spiro atoms. The minimum Gasteiger partial charge on any atom is -0.462 e. The molecule has 25 heteroatoms. The SMILES string of the molecule is CC1[C@H](C)OC(=O)C[C@H](O)C[C@H](O)CC[C@H](O)[C@H](O)C[C@H](O)C[C@]2(O)C[C@H](O)C(C(=O)NCCCN3CCOCC3)C(C[C@@H](O[C@@H]3O[C@H](C)[C@@H](O)[C@H](NC[C@@]4(O)OC[C@@H](O)[C@@H](O)[C@@H]4O)[C@@H]3O)/C=C/C=C/C=C/C=C/C=C/C=C/C=C\[C@H](C)[C@H]1O)O2. The van der Waals surface area contributed by atoms with Gasteiger partial charge in [-0.25, -0.2) is 0 Å². The van der Waals surface area contributed by atoms with Crippen molar-refractivity contribution in [2.75, 3.05) is 52.5 Å². The van der Waals surface area contributed by atoms with Crippen LogP contribution in [-0.2, 0) is 38.0 Å². The van der Waals surface area contributed by atoms with Gasteiger partial charge in [-0.15, -0.1) is 0 Å². The second-order valence-electron chi connectivity index (χ2n) is 23.3. The zero-order valence-electron chi connectivity index (χ0n) is 49.2. The summed E-state index contributed by atoms with van der Waals surface area (Å²) in [6, 6.07) is -1.34. The molecular formula is C60H97N3O22. The van der Waals surface area contributed by atoms with Gasteiger partial charge in [-0.3, -0.25) is 14.5 Å². The smallest absolute Gasteiger partial charge is 0.308 e. The fourth-order valence-electron chi connectivity index (χ4n) is 11.0. The number of ether oxygens (including phenoxy) is 6. The highest BCUT2D eigenvalue weighted by Crippen LogP contribution is 2.39. The molecule has 0 saturated carbocycles. The Hall–Kier alpha value is -3.72. The molecule has 484 valence electrons. The number of morpholine rings is 1. The molecule has 0 aromatic rings. The Morgan fingerprint density at radius 2 is 1.29 bits per heavy atom. The van der Waals surface area contributed by atoms with Crippen molar-refractivity contribution in [2.24, 2.45) is 17.8 Å². The van der Waals surface area contributed by atoms with E-state index in [2.05, 4.69) is 15.5 Å². The van der Waals surface area contributed by atoms with Gasteiger partial charge in [-0.2, -0.15) is 0 Å². The molecule has 4 saturated heterocycles. The maximum Gasteiger partial charge on any atom is 0.308 e. The van der Waals surface area contributed by atoms with Gasteiger partial charge in [0.1, 0.15) is 30.5 Å². The van der Waals surface area contributed by atoms with Gasteiger partial charge >= 0.3 is 5.97 Å². The lowest BCUT2D eigenvalue weighted by atomic mass is 9.82. The quantitative estimate of drug-likeness (QED) is 0.0823. The molecule has 0 aromatic carbocycles. The van der Waals surface area contributed by atoms with Gasteiger partial charge in [-0.1, -0.05) is 98.9 Å². The Labute approximate surface area is 497 Å². The fraction of sp³-hybridized carbons (Fsp3) is 0.733. The molecule has 3 unspecified atom stereocenters. The summed E-state index contributed by atoms with van der Waals surface area (Å²) in [5.74, 6) is -8.36.